The molecular weight excluding hydrogens is 330 g/mol. The Kier molecular flexibility index (Phi) is 6.93. The molecule has 0 radical (unpaired) electrons. The summed E-state index contributed by atoms with van der Waals surface area (Å²) in [6.07, 6.45) is 0.968. The van der Waals surface area contributed by atoms with Crippen molar-refractivity contribution >= 4 is 23.0 Å². The molecule has 0 aromatic heterocycles. The molecule has 0 saturated carbocycles. The van der Waals surface area contributed by atoms with E-state index in [9.17, 15) is 8.78 Å². The highest BCUT2D eigenvalue weighted by molar-refractivity contribution is 7.80. The van der Waals surface area contributed by atoms with Crippen LogP contribution in [-0.2, 0) is 6.54 Å². The molecule has 128 valence electrons. The van der Waals surface area contributed by atoms with Gasteiger partial charge in [0.2, 0.25) is 0 Å². The van der Waals surface area contributed by atoms with Gasteiger partial charge >= 0.3 is 6.61 Å². The van der Waals surface area contributed by atoms with Crippen LogP contribution in [0.1, 0.15) is 18.9 Å². The Bertz CT molecular complexity index is 635. The average Bonchev–Trinajstić information content (AvgIpc) is 2.57. The van der Waals surface area contributed by atoms with Crippen LogP contribution in [-0.4, -0.2) is 23.2 Å². The van der Waals surface area contributed by atoms with Crippen LogP contribution in [0.2, 0.25) is 0 Å². The van der Waals surface area contributed by atoms with Gasteiger partial charge in [-0.2, -0.15) is 8.78 Å². The molecule has 1 N–H and O–H groups in total. The molecule has 0 fully saturated rings. The van der Waals surface area contributed by atoms with Gasteiger partial charge in [-0.15, -0.1) is 0 Å². The standard InChI is InChI=1S/C18H20F2N2OS/c1-2-12-22(13-14-6-4-3-5-7-14)18(24)21-15-8-10-16(11-9-15)23-17(19)20/h3-11,17H,2,12-13H2,1H3,(H,21,24). The molecule has 0 heterocycles. The molecule has 0 aliphatic carbocycles. The fourth-order valence-corrected chi connectivity index (χ4v) is 2.52. The van der Waals surface area contributed by atoms with E-state index in [1.165, 1.54) is 17.7 Å². The van der Waals surface area contributed by atoms with Crippen LogP contribution in [0.5, 0.6) is 5.75 Å². The Morgan fingerprint density at radius 3 is 2.38 bits per heavy atom. The summed E-state index contributed by atoms with van der Waals surface area (Å²) < 4.78 is 28.7. The Hall–Kier alpha value is -2.21. The van der Waals surface area contributed by atoms with Gasteiger partial charge in [0.25, 0.3) is 0 Å². The molecule has 0 amide bonds. The fourth-order valence-electron chi connectivity index (χ4n) is 2.25. The number of anilines is 1. The third kappa shape index (κ3) is 5.77. The van der Waals surface area contributed by atoms with Crippen molar-refractivity contribution in [2.45, 2.75) is 26.5 Å². The number of ether oxygens (including phenoxy) is 1. The predicted octanol–water partition coefficient (Wildman–Crippen LogP) is 4.90. The van der Waals surface area contributed by atoms with Gasteiger partial charge in [-0.25, -0.2) is 0 Å². The summed E-state index contributed by atoms with van der Waals surface area (Å²) >= 11 is 5.49. The highest BCUT2D eigenvalue weighted by Crippen LogP contribution is 2.18. The molecule has 2 aromatic carbocycles. The summed E-state index contributed by atoms with van der Waals surface area (Å²) in [6.45, 7) is 0.813. The molecule has 0 unspecified atom stereocenters. The van der Waals surface area contributed by atoms with Gasteiger partial charge in [-0.3, -0.25) is 0 Å². The van der Waals surface area contributed by atoms with E-state index in [1.54, 1.807) is 12.1 Å². The molecule has 0 saturated heterocycles. The zero-order valence-corrected chi connectivity index (χ0v) is 14.2. The van der Waals surface area contributed by atoms with E-state index in [0.29, 0.717) is 11.7 Å². The topological polar surface area (TPSA) is 24.5 Å². The number of hydrogen-bond donors (Lipinski definition) is 1. The van der Waals surface area contributed by atoms with Crippen LogP contribution >= 0.6 is 12.2 Å². The highest BCUT2D eigenvalue weighted by atomic mass is 32.1. The van der Waals surface area contributed by atoms with Gasteiger partial charge in [0.05, 0.1) is 0 Å². The first-order valence-electron chi connectivity index (χ1n) is 7.73. The van der Waals surface area contributed by atoms with Crippen LogP contribution in [0.3, 0.4) is 0 Å². The molecule has 0 aliphatic heterocycles. The van der Waals surface area contributed by atoms with Gasteiger partial charge in [-0.05, 0) is 48.5 Å². The zero-order valence-electron chi connectivity index (χ0n) is 13.4. The fraction of sp³-hybridized carbons (Fsp3) is 0.278. The van der Waals surface area contributed by atoms with Crippen molar-refractivity contribution < 1.29 is 13.5 Å². The summed E-state index contributed by atoms with van der Waals surface area (Å²) in [5.41, 5.74) is 1.91. The number of benzene rings is 2. The van der Waals surface area contributed by atoms with Gasteiger partial charge in [0.1, 0.15) is 5.75 Å². The molecule has 3 nitrogen and oxygen atoms in total. The minimum atomic E-state index is -2.82. The maximum Gasteiger partial charge on any atom is 0.387 e. The van der Waals surface area contributed by atoms with E-state index in [-0.39, 0.29) is 5.75 Å². The molecule has 24 heavy (non-hydrogen) atoms. The number of halogens is 2. The summed E-state index contributed by atoms with van der Waals surface area (Å²) in [4.78, 5) is 2.08. The van der Waals surface area contributed by atoms with Crippen molar-refractivity contribution in [3.05, 3.63) is 60.2 Å². The van der Waals surface area contributed by atoms with E-state index in [1.807, 2.05) is 18.2 Å². The second kappa shape index (κ2) is 9.17. The molecular formula is C18H20F2N2OS. The Balaban J connectivity index is 1.99. The minimum Gasteiger partial charge on any atom is -0.435 e. The number of thiocarbonyl (C=S) groups is 1. The van der Waals surface area contributed by atoms with E-state index in [2.05, 4.69) is 34.0 Å². The van der Waals surface area contributed by atoms with Crippen molar-refractivity contribution in [3.8, 4) is 5.75 Å². The largest absolute Gasteiger partial charge is 0.435 e. The van der Waals surface area contributed by atoms with Crippen LogP contribution in [0.4, 0.5) is 14.5 Å². The molecule has 0 bridgehead atoms. The van der Waals surface area contributed by atoms with Crippen LogP contribution in [0.25, 0.3) is 0 Å². The lowest BCUT2D eigenvalue weighted by Crippen LogP contribution is -2.34. The first kappa shape index (κ1) is 18.1. The molecule has 0 aliphatic rings. The number of nitrogens with zero attached hydrogens (tertiary/aromatic N) is 1. The third-order valence-corrected chi connectivity index (χ3v) is 3.69. The second-order valence-corrected chi connectivity index (χ2v) is 5.63. The molecule has 0 spiro atoms. The summed E-state index contributed by atoms with van der Waals surface area (Å²) in [6, 6.07) is 16.4. The SMILES string of the molecule is CCCN(Cc1ccccc1)C(=S)Nc1ccc(OC(F)F)cc1. The Morgan fingerprint density at radius 1 is 1.12 bits per heavy atom. The van der Waals surface area contributed by atoms with Crippen LogP contribution < -0.4 is 10.1 Å². The van der Waals surface area contributed by atoms with Crippen molar-refractivity contribution in [3.63, 3.8) is 0 Å². The molecule has 2 rings (SSSR count). The average molecular weight is 350 g/mol. The third-order valence-electron chi connectivity index (χ3n) is 3.33. The zero-order chi connectivity index (χ0) is 17.4. The predicted molar refractivity (Wildman–Crippen MR) is 96.4 cm³/mol. The van der Waals surface area contributed by atoms with Gasteiger partial charge in [-0.1, -0.05) is 37.3 Å². The van der Waals surface area contributed by atoms with E-state index < -0.39 is 6.61 Å². The molecule has 2 aromatic rings. The van der Waals surface area contributed by atoms with E-state index in [0.717, 1.165) is 18.7 Å². The van der Waals surface area contributed by atoms with Crippen molar-refractivity contribution in [1.29, 1.82) is 0 Å². The second-order valence-electron chi connectivity index (χ2n) is 5.24. The Morgan fingerprint density at radius 2 is 1.79 bits per heavy atom. The van der Waals surface area contributed by atoms with Crippen molar-refractivity contribution in [1.82, 2.24) is 4.90 Å². The quantitative estimate of drug-likeness (QED) is 0.718. The van der Waals surface area contributed by atoms with E-state index >= 15 is 0 Å². The highest BCUT2D eigenvalue weighted by Gasteiger charge is 2.10. The monoisotopic (exact) mass is 350 g/mol. The van der Waals surface area contributed by atoms with Gasteiger partial charge in [0.15, 0.2) is 5.11 Å². The van der Waals surface area contributed by atoms with Gasteiger partial charge in [0, 0.05) is 18.8 Å². The van der Waals surface area contributed by atoms with Crippen molar-refractivity contribution in [2.24, 2.45) is 0 Å². The number of rotatable bonds is 7. The molecule has 0 atom stereocenters. The first-order chi connectivity index (χ1) is 11.6. The first-order valence-corrected chi connectivity index (χ1v) is 8.14. The van der Waals surface area contributed by atoms with Crippen LogP contribution in [0, 0.1) is 0 Å². The summed E-state index contributed by atoms with van der Waals surface area (Å²) in [5.74, 6) is 0.121. The van der Waals surface area contributed by atoms with Gasteiger partial charge < -0.3 is 15.0 Å². The lowest BCUT2D eigenvalue weighted by atomic mass is 10.2. The maximum absolute atomic E-state index is 12.2. The van der Waals surface area contributed by atoms with Crippen LogP contribution in [0.15, 0.2) is 54.6 Å². The Labute approximate surface area is 146 Å². The maximum atomic E-state index is 12.2. The minimum absolute atomic E-state index is 0.121. The molecule has 6 heteroatoms. The number of nitrogens with one attached hydrogen (secondary N) is 1. The summed E-state index contributed by atoms with van der Waals surface area (Å²) in [5, 5.41) is 3.74. The summed E-state index contributed by atoms with van der Waals surface area (Å²) in [7, 11) is 0. The normalized spacial score (nSPS) is 10.5. The van der Waals surface area contributed by atoms with Crippen molar-refractivity contribution in [2.75, 3.05) is 11.9 Å². The van der Waals surface area contributed by atoms with E-state index in [4.69, 9.17) is 12.2 Å². The number of hydrogen-bond acceptors (Lipinski definition) is 2. The number of alkyl halides is 2. The lowest BCUT2D eigenvalue weighted by molar-refractivity contribution is -0.0498. The lowest BCUT2D eigenvalue weighted by Gasteiger charge is -2.25. The smallest absolute Gasteiger partial charge is 0.387 e.